The molecule has 194 valence electrons. The van der Waals surface area contributed by atoms with Crippen LogP contribution in [0.3, 0.4) is 0 Å². The average molecular weight is 516 g/mol. The summed E-state index contributed by atoms with van der Waals surface area (Å²) in [6, 6.07) is 3.61. The molecular formula is C25H33N5O5S. The van der Waals surface area contributed by atoms with Gasteiger partial charge in [0.25, 0.3) is 5.91 Å². The number of likely N-dealkylation sites (tertiary alicyclic amines) is 1. The Bertz CT molecular complexity index is 1230. The zero-order valence-corrected chi connectivity index (χ0v) is 21.3. The number of pyridine rings is 1. The lowest BCUT2D eigenvalue weighted by molar-refractivity contribution is 0.0297. The number of morpholine rings is 1. The molecule has 2 aromatic rings. The third kappa shape index (κ3) is 4.46. The van der Waals surface area contributed by atoms with Gasteiger partial charge in [-0.05, 0) is 50.3 Å². The van der Waals surface area contributed by atoms with Crippen molar-refractivity contribution in [2.24, 2.45) is 5.92 Å². The van der Waals surface area contributed by atoms with E-state index >= 15 is 0 Å². The Hall–Kier alpha value is -2.34. The molecule has 1 amide bonds. The first-order valence-electron chi connectivity index (χ1n) is 13.0. The fourth-order valence-electron chi connectivity index (χ4n) is 6.01. The van der Waals surface area contributed by atoms with Gasteiger partial charge in [0.1, 0.15) is 0 Å². The van der Waals surface area contributed by atoms with E-state index in [-0.39, 0.29) is 28.4 Å². The second-order valence-electron chi connectivity index (χ2n) is 10.3. The molecule has 10 nitrogen and oxygen atoms in total. The smallest absolute Gasteiger partial charge is 0.274 e. The summed E-state index contributed by atoms with van der Waals surface area (Å²) in [7, 11) is -3.67. The van der Waals surface area contributed by atoms with Crippen molar-refractivity contribution in [1.82, 2.24) is 24.6 Å². The number of aromatic nitrogens is 3. The summed E-state index contributed by atoms with van der Waals surface area (Å²) >= 11 is 0. The van der Waals surface area contributed by atoms with E-state index in [4.69, 9.17) is 14.6 Å². The summed E-state index contributed by atoms with van der Waals surface area (Å²) in [4.78, 5) is 22.0. The maximum absolute atomic E-state index is 13.6. The molecule has 4 aliphatic rings. The van der Waals surface area contributed by atoms with Crippen molar-refractivity contribution in [3.05, 3.63) is 29.6 Å². The van der Waals surface area contributed by atoms with Crippen LogP contribution < -0.4 is 0 Å². The molecule has 0 spiro atoms. The number of carbonyl (C=O) groups is 1. The van der Waals surface area contributed by atoms with Crippen LogP contribution in [0.1, 0.15) is 47.8 Å². The molecule has 6 heterocycles. The molecule has 4 aliphatic heterocycles. The first-order valence-corrected chi connectivity index (χ1v) is 14.6. The molecule has 0 radical (unpaired) electrons. The number of rotatable bonds is 4. The molecule has 11 heteroatoms. The second kappa shape index (κ2) is 9.85. The van der Waals surface area contributed by atoms with E-state index in [2.05, 4.69) is 9.88 Å². The Morgan fingerprint density at radius 2 is 1.83 bits per heavy atom. The Morgan fingerprint density at radius 3 is 2.64 bits per heavy atom. The van der Waals surface area contributed by atoms with Crippen molar-refractivity contribution < 1.29 is 22.7 Å². The number of nitrogens with zero attached hydrogens (tertiary/aromatic N) is 5. The molecule has 0 bridgehead atoms. The van der Waals surface area contributed by atoms with Gasteiger partial charge in [0.2, 0.25) is 9.84 Å². The summed E-state index contributed by atoms with van der Waals surface area (Å²) in [5.41, 5.74) is 2.05. The van der Waals surface area contributed by atoms with Crippen LogP contribution in [0.15, 0.2) is 23.4 Å². The minimum absolute atomic E-state index is 0.0624. The third-order valence-corrected chi connectivity index (χ3v) is 9.43. The lowest BCUT2D eigenvalue weighted by Gasteiger charge is -2.36. The standard InChI is InChI=1S/C25H33N5O5S/c31-25(29-9-13-35-14-10-29)22-21-17-36(32,33)24-20(4-1-7-26-24)23(21)30(27-22)19-3-2-8-28(16-19)15-18-5-11-34-12-6-18/h1,4,7,18-19H,2-3,5-6,8-17H2/t19-/m0/s1. The average Bonchev–Trinajstić information content (AvgIpc) is 3.28. The topological polar surface area (TPSA) is 107 Å². The van der Waals surface area contributed by atoms with Crippen LogP contribution in [0, 0.1) is 5.92 Å². The van der Waals surface area contributed by atoms with E-state index in [0.717, 1.165) is 64.2 Å². The zero-order chi connectivity index (χ0) is 24.7. The van der Waals surface area contributed by atoms with Gasteiger partial charge in [-0.15, -0.1) is 0 Å². The molecule has 6 rings (SSSR count). The fourth-order valence-corrected chi connectivity index (χ4v) is 7.52. The van der Waals surface area contributed by atoms with Gasteiger partial charge in [-0.1, -0.05) is 0 Å². The third-order valence-electron chi connectivity index (χ3n) is 7.85. The Morgan fingerprint density at radius 1 is 1.06 bits per heavy atom. The molecule has 0 unspecified atom stereocenters. The van der Waals surface area contributed by atoms with Crippen LogP contribution in [-0.4, -0.2) is 98.0 Å². The number of hydrogen-bond acceptors (Lipinski definition) is 8. The fraction of sp³-hybridized carbons (Fsp3) is 0.640. The lowest BCUT2D eigenvalue weighted by Crippen LogP contribution is -2.41. The number of sulfone groups is 1. The summed E-state index contributed by atoms with van der Waals surface area (Å²) in [6.45, 7) is 6.49. The van der Waals surface area contributed by atoms with Gasteiger partial charge in [-0.3, -0.25) is 9.48 Å². The molecule has 2 aromatic heterocycles. The highest BCUT2D eigenvalue weighted by atomic mass is 32.2. The molecule has 1 atom stereocenters. The molecule has 0 aliphatic carbocycles. The second-order valence-corrected chi connectivity index (χ2v) is 12.2. The molecule has 0 aromatic carbocycles. The maximum atomic E-state index is 13.6. The van der Waals surface area contributed by atoms with E-state index in [9.17, 15) is 13.2 Å². The molecule has 3 fully saturated rings. The first kappa shape index (κ1) is 24.0. The maximum Gasteiger partial charge on any atom is 0.274 e. The number of amides is 1. The highest BCUT2D eigenvalue weighted by Crippen LogP contribution is 2.41. The predicted octanol–water partition coefficient (Wildman–Crippen LogP) is 1.77. The highest BCUT2D eigenvalue weighted by molar-refractivity contribution is 7.90. The summed E-state index contributed by atoms with van der Waals surface area (Å²) in [5, 5.41) is 4.96. The van der Waals surface area contributed by atoms with Crippen molar-refractivity contribution in [1.29, 1.82) is 0 Å². The minimum Gasteiger partial charge on any atom is -0.381 e. The minimum atomic E-state index is -3.67. The van der Waals surface area contributed by atoms with Gasteiger partial charge in [-0.2, -0.15) is 5.10 Å². The van der Waals surface area contributed by atoms with Gasteiger partial charge in [0, 0.05) is 56.7 Å². The van der Waals surface area contributed by atoms with E-state index in [1.807, 2.05) is 4.68 Å². The Kier molecular flexibility index (Phi) is 6.57. The SMILES string of the molecule is O=C(c1nn([C@H]2CCCN(CC3CCOCC3)C2)c2c1CS(=O)(=O)c1ncccc1-2)N1CCOCC1. The molecule has 36 heavy (non-hydrogen) atoms. The van der Waals surface area contributed by atoms with Gasteiger partial charge in [-0.25, -0.2) is 13.4 Å². The molecule has 3 saturated heterocycles. The van der Waals surface area contributed by atoms with E-state index in [1.165, 1.54) is 6.20 Å². The van der Waals surface area contributed by atoms with Gasteiger partial charge in [0.05, 0.1) is 30.7 Å². The van der Waals surface area contributed by atoms with Crippen molar-refractivity contribution in [2.75, 3.05) is 59.2 Å². The van der Waals surface area contributed by atoms with Crippen LogP contribution in [0.2, 0.25) is 0 Å². The summed E-state index contributed by atoms with van der Waals surface area (Å²) in [6.07, 6.45) is 5.67. The quantitative estimate of drug-likeness (QED) is 0.607. The number of carbonyl (C=O) groups excluding carboxylic acids is 1. The van der Waals surface area contributed by atoms with Gasteiger partial charge >= 0.3 is 0 Å². The van der Waals surface area contributed by atoms with Crippen LogP contribution in [0.5, 0.6) is 0 Å². The van der Waals surface area contributed by atoms with E-state index < -0.39 is 9.84 Å². The van der Waals surface area contributed by atoms with Crippen LogP contribution in [-0.2, 0) is 25.1 Å². The lowest BCUT2D eigenvalue weighted by atomic mass is 9.97. The predicted molar refractivity (Wildman–Crippen MR) is 131 cm³/mol. The van der Waals surface area contributed by atoms with Gasteiger partial charge in [0.15, 0.2) is 10.7 Å². The van der Waals surface area contributed by atoms with E-state index in [1.54, 1.807) is 17.0 Å². The van der Waals surface area contributed by atoms with Gasteiger partial charge < -0.3 is 19.3 Å². The summed E-state index contributed by atoms with van der Waals surface area (Å²) < 4.78 is 39.3. The number of piperidine rings is 1. The monoisotopic (exact) mass is 515 g/mol. The molecule has 0 N–H and O–H groups in total. The largest absolute Gasteiger partial charge is 0.381 e. The first-order chi connectivity index (χ1) is 17.5. The molecular weight excluding hydrogens is 482 g/mol. The molecule has 0 saturated carbocycles. The van der Waals surface area contributed by atoms with Crippen molar-refractivity contribution in [2.45, 2.75) is 42.5 Å². The summed E-state index contributed by atoms with van der Waals surface area (Å²) in [5.74, 6) is 0.166. The Balaban J connectivity index is 1.38. The van der Waals surface area contributed by atoms with Crippen LogP contribution >= 0.6 is 0 Å². The highest BCUT2D eigenvalue weighted by Gasteiger charge is 2.39. The van der Waals surface area contributed by atoms with E-state index in [0.29, 0.717) is 43.3 Å². The zero-order valence-electron chi connectivity index (χ0n) is 20.5. The van der Waals surface area contributed by atoms with Crippen LogP contribution in [0.25, 0.3) is 11.3 Å². The van der Waals surface area contributed by atoms with Crippen LogP contribution in [0.4, 0.5) is 0 Å². The Labute approximate surface area is 211 Å². The number of hydrogen-bond donors (Lipinski definition) is 0. The normalized spacial score (nSPS) is 24.8. The van der Waals surface area contributed by atoms with Crippen molar-refractivity contribution in [3.8, 4) is 11.3 Å². The number of ether oxygens (including phenoxy) is 2. The van der Waals surface area contributed by atoms with Crippen molar-refractivity contribution >= 4 is 15.7 Å². The number of fused-ring (bicyclic) bond motifs is 3. The van der Waals surface area contributed by atoms with Crippen molar-refractivity contribution in [3.63, 3.8) is 0 Å².